The molecule has 6 heteroatoms. The van der Waals surface area contributed by atoms with Crippen molar-refractivity contribution in [3.05, 3.63) is 0 Å². The molecule has 0 aliphatic carbocycles. The molecule has 0 radical (unpaired) electrons. The molecule has 0 spiro atoms. The summed E-state index contributed by atoms with van der Waals surface area (Å²) in [6, 6.07) is 0. The molecular formula is C7H16N2O3S. The summed E-state index contributed by atoms with van der Waals surface area (Å²) in [4.78, 5) is 0. The minimum absolute atomic E-state index is 0.119. The van der Waals surface area contributed by atoms with E-state index >= 15 is 0 Å². The highest BCUT2D eigenvalue weighted by Gasteiger charge is 2.29. The lowest BCUT2D eigenvalue weighted by Crippen LogP contribution is -2.39. The van der Waals surface area contributed by atoms with Crippen molar-refractivity contribution >= 4 is 10.0 Å². The van der Waals surface area contributed by atoms with Crippen molar-refractivity contribution in [3.63, 3.8) is 0 Å². The second-order valence-corrected chi connectivity index (χ2v) is 5.53. The van der Waals surface area contributed by atoms with E-state index in [4.69, 9.17) is 5.11 Å². The second-order valence-electron chi connectivity index (χ2n) is 3.18. The summed E-state index contributed by atoms with van der Waals surface area (Å²) >= 11 is 0. The van der Waals surface area contributed by atoms with Crippen LogP contribution in [0.3, 0.4) is 0 Å². The molecule has 0 aromatic heterocycles. The Balaban J connectivity index is 2.79. The number of β-amino-alcohol motifs (C(OH)–C–C–N with tert-alkyl or cyclic N) is 1. The maximum atomic E-state index is 11.7. The second kappa shape index (κ2) is 4.36. The molecule has 1 atom stereocenters. The number of nitrogens with one attached hydrogen (secondary N) is 1. The quantitative estimate of drug-likeness (QED) is 0.586. The topological polar surface area (TPSA) is 69.6 Å². The summed E-state index contributed by atoms with van der Waals surface area (Å²) < 4.78 is 24.7. The summed E-state index contributed by atoms with van der Waals surface area (Å²) in [7, 11) is -3.19. The lowest BCUT2D eigenvalue weighted by molar-refractivity contribution is 0.255. The first kappa shape index (κ1) is 10.9. The van der Waals surface area contributed by atoms with Crippen LogP contribution in [0.15, 0.2) is 0 Å². The van der Waals surface area contributed by atoms with E-state index in [2.05, 4.69) is 5.32 Å². The molecule has 1 saturated heterocycles. The molecule has 1 rings (SSSR count). The van der Waals surface area contributed by atoms with Gasteiger partial charge in [-0.2, -0.15) is 4.31 Å². The van der Waals surface area contributed by atoms with Gasteiger partial charge in [-0.3, -0.25) is 0 Å². The van der Waals surface area contributed by atoms with Crippen molar-refractivity contribution < 1.29 is 13.5 Å². The minimum atomic E-state index is -3.19. The number of rotatable bonds is 2. The van der Waals surface area contributed by atoms with Gasteiger partial charge in [0.2, 0.25) is 10.0 Å². The Bertz CT molecular complexity index is 252. The summed E-state index contributed by atoms with van der Waals surface area (Å²) in [6.45, 7) is 3.36. The predicted octanol–water partition coefficient (Wildman–Crippen LogP) is -1.40. The highest BCUT2D eigenvalue weighted by atomic mass is 32.2. The average Bonchev–Trinajstić information content (AvgIpc) is 2.18. The standard InChI is InChI=1S/C7H16N2O3S/c1-7-6-8-2-3-9(4-5-10)13(7,11)12/h7-8,10H,2-6H2,1H3. The number of aliphatic hydroxyl groups is 1. The predicted molar refractivity (Wildman–Crippen MR) is 49.9 cm³/mol. The molecule has 1 fully saturated rings. The van der Waals surface area contributed by atoms with Gasteiger partial charge in [0.1, 0.15) is 0 Å². The molecular weight excluding hydrogens is 192 g/mol. The number of hydrogen-bond donors (Lipinski definition) is 2. The fourth-order valence-electron chi connectivity index (χ4n) is 1.35. The zero-order chi connectivity index (χ0) is 9.90. The first-order valence-electron chi connectivity index (χ1n) is 4.39. The molecule has 5 nitrogen and oxygen atoms in total. The fourth-order valence-corrected chi connectivity index (χ4v) is 2.87. The van der Waals surface area contributed by atoms with Crippen molar-refractivity contribution in [2.45, 2.75) is 12.2 Å². The molecule has 0 amide bonds. The number of hydrogen-bond acceptors (Lipinski definition) is 4. The number of sulfonamides is 1. The summed E-state index contributed by atoms with van der Waals surface area (Å²) in [5.74, 6) is 0. The Morgan fingerprint density at radius 2 is 2.31 bits per heavy atom. The molecule has 0 aromatic rings. The van der Waals surface area contributed by atoms with Crippen LogP contribution < -0.4 is 5.32 Å². The van der Waals surface area contributed by atoms with E-state index in [1.54, 1.807) is 6.92 Å². The Hall–Kier alpha value is -0.170. The van der Waals surface area contributed by atoms with Crippen LogP contribution in [0.5, 0.6) is 0 Å². The van der Waals surface area contributed by atoms with E-state index in [0.717, 1.165) is 0 Å². The minimum Gasteiger partial charge on any atom is -0.395 e. The van der Waals surface area contributed by atoms with Crippen LogP contribution in [0.4, 0.5) is 0 Å². The molecule has 0 saturated carbocycles. The van der Waals surface area contributed by atoms with Gasteiger partial charge in [-0.15, -0.1) is 0 Å². The molecule has 0 aromatic carbocycles. The SMILES string of the molecule is CC1CNCCN(CCO)S1(=O)=O. The van der Waals surface area contributed by atoms with E-state index in [-0.39, 0.29) is 13.2 Å². The van der Waals surface area contributed by atoms with Gasteiger partial charge in [0.05, 0.1) is 11.9 Å². The van der Waals surface area contributed by atoms with Gasteiger partial charge in [-0.1, -0.05) is 0 Å². The molecule has 78 valence electrons. The van der Waals surface area contributed by atoms with Crippen LogP contribution in [0.25, 0.3) is 0 Å². The number of aliphatic hydroxyl groups excluding tert-OH is 1. The lowest BCUT2D eigenvalue weighted by atomic mass is 10.4. The van der Waals surface area contributed by atoms with E-state index in [1.807, 2.05) is 0 Å². The van der Waals surface area contributed by atoms with Gasteiger partial charge in [-0.05, 0) is 6.92 Å². The van der Waals surface area contributed by atoms with Crippen molar-refractivity contribution in [2.24, 2.45) is 0 Å². The van der Waals surface area contributed by atoms with Gasteiger partial charge < -0.3 is 10.4 Å². The zero-order valence-corrected chi connectivity index (χ0v) is 8.55. The summed E-state index contributed by atoms with van der Waals surface area (Å²) in [5, 5.41) is 11.3. The first-order chi connectivity index (χ1) is 6.09. The molecule has 13 heavy (non-hydrogen) atoms. The van der Waals surface area contributed by atoms with Crippen LogP contribution in [-0.4, -0.2) is 55.9 Å². The third kappa shape index (κ3) is 2.40. The summed E-state index contributed by atoms with van der Waals surface area (Å²) in [5.41, 5.74) is 0. The fraction of sp³-hybridized carbons (Fsp3) is 1.00. The van der Waals surface area contributed by atoms with Gasteiger partial charge in [-0.25, -0.2) is 8.42 Å². The highest BCUT2D eigenvalue weighted by molar-refractivity contribution is 7.89. The smallest absolute Gasteiger partial charge is 0.218 e. The van der Waals surface area contributed by atoms with Gasteiger partial charge in [0.15, 0.2) is 0 Å². The van der Waals surface area contributed by atoms with Crippen LogP contribution in [-0.2, 0) is 10.0 Å². The highest BCUT2D eigenvalue weighted by Crippen LogP contribution is 2.09. The molecule has 2 N–H and O–H groups in total. The average molecular weight is 208 g/mol. The van der Waals surface area contributed by atoms with Gasteiger partial charge >= 0.3 is 0 Å². The molecule has 1 aliphatic heterocycles. The van der Waals surface area contributed by atoms with E-state index in [9.17, 15) is 8.42 Å². The van der Waals surface area contributed by atoms with E-state index in [1.165, 1.54) is 4.31 Å². The van der Waals surface area contributed by atoms with Crippen LogP contribution in [0.2, 0.25) is 0 Å². The lowest BCUT2D eigenvalue weighted by Gasteiger charge is -2.20. The van der Waals surface area contributed by atoms with Crippen molar-refractivity contribution in [1.29, 1.82) is 0 Å². The van der Waals surface area contributed by atoms with Crippen LogP contribution in [0.1, 0.15) is 6.92 Å². The van der Waals surface area contributed by atoms with Crippen molar-refractivity contribution in [1.82, 2.24) is 9.62 Å². The third-order valence-corrected chi connectivity index (χ3v) is 4.46. The number of nitrogens with zero attached hydrogens (tertiary/aromatic N) is 1. The molecule has 1 heterocycles. The first-order valence-corrected chi connectivity index (χ1v) is 5.90. The Morgan fingerprint density at radius 3 is 2.92 bits per heavy atom. The normalized spacial score (nSPS) is 29.8. The van der Waals surface area contributed by atoms with Crippen LogP contribution in [0, 0.1) is 0 Å². The summed E-state index contributed by atoms with van der Waals surface area (Å²) in [6.07, 6.45) is 0. The maximum Gasteiger partial charge on any atom is 0.218 e. The van der Waals surface area contributed by atoms with E-state index < -0.39 is 15.3 Å². The Kier molecular flexibility index (Phi) is 3.66. The molecule has 0 bridgehead atoms. The Labute approximate surface area is 78.8 Å². The molecule has 1 aliphatic rings. The zero-order valence-electron chi connectivity index (χ0n) is 7.73. The maximum absolute atomic E-state index is 11.7. The molecule has 1 unspecified atom stereocenters. The monoisotopic (exact) mass is 208 g/mol. The van der Waals surface area contributed by atoms with Crippen molar-refractivity contribution in [3.8, 4) is 0 Å². The Morgan fingerprint density at radius 1 is 1.62 bits per heavy atom. The van der Waals surface area contributed by atoms with Gasteiger partial charge in [0, 0.05) is 26.2 Å². The van der Waals surface area contributed by atoms with Gasteiger partial charge in [0.25, 0.3) is 0 Å². The van der Waals surface area contributed by atoms with Crippen molar-refractivity contribution in [2.75, 3.05) is 32.8 Å². The van der Waals surface area contributed by atoms with Crippen LogP contribution >= 0.6 is 0 Å². The largest absolute Gasteiger partial charge is 0.395 e. The van der Waals surface area contributed by atoms with E-state index in [0.29, 0.717) is 19.6 Å². The third-order valence-electron chi connectivity index (χ3n) is 2.19.